The Balaban J connectivity index is 1.50. The van der Waals surface area contributed by atoms with E-state index in [1.54, 1.807) is 18.4 Å². The van der Waals surface area contributed by atoms with Crippen molar-refractivity contribution in [1.29, 1.82) is 0 Å². The number of anilines is 1. The summed E-state index contributed by atoms with van der Waals surface area (Å²) < 4.78 is 12.1. The molecule has 3 aromatic rings. The lowest BCUT2D eigenvalue weighted by Gasteiger charge is -2.23. The van der Waals surface area contributed by atoms with E-state index in [-0.39, 0.29) is 12.0 Å². The first-order valence-corrected chi connectivity index (χ1v) is 10.4. The molecule has 146 valence electrons. The number of para-hydroxylation sites is 1. The molecule has 0 unspecified atom stereocenters. The predicted molar refractivity (Wildman–Crippen MR) is 112 cm³/mol. The maximum atomic E-state index is 13.1. The Morgan fingerprint density at radius 1 is 1.25 bits per heavy atom. The van der Waals surface area contributed by atoms with Gasteiger partial charge in [0.1, 0.15) is 5.75 Å². The van der Waals surface area contributed by atoms with Crippen LogP contribution in [-0.4, -0.2) is 37.3 Å². The average molecular weight is 397 g/mol. The van der Waals surface area contributed by atoms with E-state index in [2.05, 4.69) is 0 Å². The molecular weight excluding hydrogens is 372 g/mol. The van der Waals surface area contributed by atoms with Crippen molar-refractivity contribution in [2.45, 2.75) is 31.8 Å². The van der Waals surface area contributed by atoms with Gasteiger partial charge < -0.3 is 9.47 Å². The zero-order valence-electron chi connectivity index (χ0n) is 16.0. The maximum absolute atomic E-state index is 13.1. The van der Waals surface area contributed by atoms with E-state index in [0.29, 0.717) is 19.4 Å². The Hall–Kier alpha value is -2.44. The number of nitrogens with zero attached hydrogens (tertiary/aromatic N) is 2. The molecule has 0 bridgehead atoms. The lowest BCUT2D eigenvalue weighted by molar-refractivity contribution is -0.119. The third kappa shape index (κ3) is 4.34. The quantitative estimate of drug-likeness (QED) is 0.592. The molecule has 28 heavy (non-hydrogen) atoms. The summed E-state index contributed by atoms with van der Waals surface area (Å²) in [6.07, 6.45) is 3.27. The summed E-state index contributed by atoms with van der Waals surface area (Å²) in [5.74, 6) is 0.912. The van der Waals surface area contributed by atoms with Gasteiger partial charge in [-0.3, -0.25) is 9.69 Å². The third-order valence-corrected chi connectivity index (χ3v) is 6.07. The number of amides is 1. The molecule has 2 aromatic carbocycles. The summed E-state index contributed by atoms with van der Waals surface area (Å²) in [6.45, 7) is 1.35. The molecule has 1 aromatic heterocycles. The highest BCUT2D eigenvalue weighted by Gasteiger charge is 2.25. The minimum Gasteiger partial charge on any atom is -0.497 e. The van der Waals surface area contributed by atoms with Crippen LogP contribution >= 0.6 is 11.3 Å². The molecule has 0 spiro atoms. The van der Waals surface area contributed by atoms with Crippen LogP contribution in [0.4, 0.5) is 5.13 Å². The van der Waals surface area contributed by atoms with Crippen molar-refractivity contribution in [2.75, 3.05) is 25.2 Å². The van der Waals surface area contributed by atoms with Crippen molar-refractivity contribution in [1.82, 2.24) is 4.98 Å². The van der Waals surface area contributed by atoms with Crippen LogP contribution in [0, 0.1) is 0 Å². The van der Waals surface area contributed by atoms with E-state index in [9.17, 15) is 4.79 Å². The molecule has 1 amide bonds. The number of aryl methyl sites for hydroxylation is 1. The first-order chi connectivity index (χ1) is 13.7. The zero-order valence-corrected chi connectivity index (χ0v) is 16.8. The number of hydrogen-bond donors (Lipinski definition) is 0. The molecule has 4 rings (SSSR count). The summed E-state index contributed by atoms with van der Waals surface area (Å²) in [6, 6.07) is 15.9. The lowest BCUT2D eigenvalue weighted by atomic mass is 10.1. The maximum Gasteiger partial charge on any atom is 0.229 e. The van der Waals surface area contributed by atoms with E-state index in [0.717, 1.165) is 46.1 Å². The highest BCUT2D eigenvalue weighted by Crippen LogP contribution is 2.30. The number of carbonyl (C=O) groups is 1. The Morgan fingerprint density at radius 2 is 2.07 bits per heavy atom. The average Bonchev–Trinajstić information content (AvgIpc) is 3.40. The highest BCUT2D eigenvalue weighted by molar-refractivity contribution is 7.22. The Labute approximate surface area is 168 Å². The van der Waals surface area contributed by atoms with E-state index >= 15 is 0 Å². The Morgan fingerprint density at radius 3 is 2.79 bits per heavy atom. The van der Waals surface area contributed by atoms with Crippen molar-refractivity contribution in [3.63, 3.8) is 0 Å². The molecule has 0 aliphatic carbocycles. The van der Waals surface area contributed by atoms with Crippen molar-refractivity contribution in [3.8, 4) is 5.75 Å². The van der Waals surface area contributed by atoms with Crippen molar-refractivity contribution in [3.05, 3.63) is 54.1 Å². The van der Waals surface area contributed by atoms with Crippen LogP contribution in [-0.2, 0) is 16.0 Å². The van der Waals surface area contributed by atoms with Crippen molar-refractivity contribution >= 4 is 32.6 Å². The standard InChI is InChI=1S/C22H24N2O3S/c1-26-17-11-8-16(9-12-17)10-13-21(25)24(15-18-5-4-14-27-18)22-23-19-6-2-3-7-20(19)28-22/h2-3,6-9,11-12,18H,4-5,10,13-15H2,1H3/t18-/m1/s1. The van der Waals surface area contributed by atoms with Gasteiger partial charge in [-0.05, 0) is 49.1 Å². The zero-order chi connectivity index (χ0) is 19.3. The van der Waals surface area contributed by atoms with Crippen LogP contribution in [0.25, 0.3) is 10.2 Å². The Bertz CT molecular complexity index is 899. The fourth-order valence-corrected chi connectivity index (χ4v) is 4.42. The SMILES string of the molecule is COc1ccc(CCC(=O)N(C[C@H]2CCCO2)c2nc3ccccc3s2)cc1. The predicted octanol–water partition coefficient (Wildman–Crippen LogP) is 4.45. The van der Waals surface area contributed by atoms with Gasteiger partial charge in [0.25, 0.3) is 0 Å². The van der Waals surface area contributed by atoms with Crippen LogP contribution < -0.4 is 9.64 Å². The van der Waals surface area contributed by atoms with E-state index in [4.69, 9.17) is 14.5 Å². The molecule has 5 nitrogen and oxygen atoms in total. The third-order valence-electron chi connectivity index (χ3n) is 5.01. The number of thiazole rings is 1. The summed E-state index contributed by atoms with van der Waals surface area (Å²) in [7, 11) is 1.65. The highest BCUT2D eigenvalue weighted by atomic mass is 32.1. The number of rotatable bonds is 7. The summed E-state index contributed by atoms with van der Waals surface area (Å²) in [5, 5.41) is 0.761. The van der Waals surface area contributed by atoms with E-state index < -0.39 is 0 Å². The molecule has 0 saturated carbocycles. The first-order valence-electron chi connectivity index (χ1n) is 9.63. The molecule has 1 saturated heterocycles. The second kappa shape index (κ2) is 8.71. The molecular formula is C22H24N2O3S. The van der Waals surface area contributed by atoms with Gasteiger partial charge in [-0.1, -0.05) is 35.6 Å². The Kier molecular flexibility index (Phi) is 5.88. The molecule has 1 aliphatic heterocycles. The molecule has 1 atom stereocenters. The number of fused-ring (bicyclic) bond motifs is 1. The van der Waals surface area contributed by atoms with Gasteiger partial charge in [0, 0.05) is 13.0 Å². The molecule has 1 aliphatic rings. The van der Waals surface area contributed by atoms with Crippen LogP contribution in [0.2, 0.25) is 0 Å². The summed E-state index contributed by atoms with van der Waals surface area (Å²) in [4.78, 5) is 19.6. The molecule has 6 heteroatoms. The second-order valence-electron chi connectivity index (χ2n) is 6.95. The number of carbonyl (C=O) groups excluding carboxylic acids is 1. The molecule has 1 fully saturated rings. The fraction of sp³-hybridized carbons (Fsp3) is 0.364. The number of aromatic nitrogens is 1. The number of hydrogen-bond acceptors (Lipinski definition) is 5. The van der Waals surface area contributed by atoms with Crippen LogP contribution in [0.15, 0.2) is 48.5 Å². The smallest absolute Gasteiger partial charge is 0.229 e. The monoisotopic (exact) mass is 396 g/mol. The fourth-order valence-electron chi connectivity index (χ4n) is 3.43. The van der Waals surface area contributed by atoms with Gasteiger partial charge >= 0.3 is 0 Å². The van der Waals surface area contributed by atoms with Gasteiger partial charge in [0.05, 0.1) is 30.0 Å². The number of benzene rings is 2. The largest absolute Gasteiger partial charge is 0.497 e. The van der Waals surface area contributed by atoms with Gasteiger partial charge in [-0.25, -0.2) is 4.98 Å². The molecule has 2 heterocycles. The van der Waals surface area contributed by atoms with Gasteiger partial charge in [0.2, 0.25) is 5.91 Å². The number of ether oxygens (including phenoxy) is 2. The van der Waals surface area contributed by atoms with Crippen LogP contribution in [0.1, 0.15) is 24.8 Å². The minimum atomic E-state index is 0.0883. The van der Waals surface area contributed by atoms with E-state index in [1.165, 1.54) is 0 Å². The van der Waals surface area contributed by atoms with E-state index in [1.807, 2.05) is 53.4 Å². The van der Waals surface area contributed by atoms with Crippen LogP contribution in [0.3, 0.4) is 0 Å². The summed E-state index contributed by atoms with van der Waals surface area (Å²) >= 11 is 1.57. The van der Waals surface area contributed by atoms with Gasteiger partial charge in [-0.15, -0.1) is 0 Å². The topological polar surface area (TPSA) is 51.7 Å². The normalized spacial score (nSPS) is 16.4. The second-order valence-corrected chi connectivity index (χ2v) is 7.96. The van der Waals surface area contributed by atoms with Crippen molar-refractivity contribution < 1.29 is 14.3 Å². The van der Waals surface area contributed by atoms with Crippen molar-refractivity contribution in [2.24, 2.45) is 0 Å². The van der Waals surface area contributed by atoms with Crippen LogP contribution in [0.5, 0.6) is 5.75 Å². The van der Waals surface area contributed by atoms with Gasteiger partial charge in [0.15, 0.2) is 5.13 Å². The molecule has 0 N–H and O–H groups in total. The minimum absolute atomic E-state index is 0.0883. The lowest BCUT2D eigenvalue weighted by Crippen LogP contribution is -2.37. The first kappa shape index (κ1) is 18.9. The summed E-state index contributed by atoms with van der Waals surface area (Å²) in [5.41, 5.74) is 2.05. The number of methoxy groups -OCH3 is 1. The van der Waals surface area contributed by atoms with Gasteiger partial charge in [-0.2, -0.15) is 0 Å². The molecule has 0 radical (unpaired) electrons.